The molecule has 1 aromatic rings. The molecule has 0 saturated carbocycles. The van der Waals surface area contributed by atoms with Crippen LogP contribution in [0.1, 0.15) is 18.5 Å². The molecule has 0 aromatic heterocycles. The van der Waals surface area contributed by atoms with Crippen molar-refractivity contribution in [3.8, 4) is 0 Å². The first-order chi connectivity index (χ1) is 7.54. The van der Waals surface area contributed by atoms with Gasteiger partial charge in [-0.1, -0.05) is 29.3 Å². The minimum Gasteiger partial charge on any atom is -0.394 e. The first-order valence-corrected chi connectivity index (χ1v) is 5.77. The van der Waals surface area contributed by atoms with E-state index in [9.17, 15) is 5.11 Å². The molecular formula is C11H15Cl2NO2. The highest BCUT2D eigenvalue weighted by molar-refractivity contribution is 6.35. The Balaban J connectivity index is 2.62. The molecule has 0 bridgehead atoms. The van der Waals surface area contributed by atoms with Crippen LogP contribution in [0.3, 0.4) is 0 Å². The molecule has 5 heteroatoms. The molecule has 0 aliphatic heterocycles. The maximum atomic E-state index is 9.20. The van der Waals surface area contributed by atoms with Crippen LogP contribution in [0.5, 0.6) is 0 Å². The summed E-state index contributed by atoms with van der Waals surface area (Å²) in [7, 11) is 0. The number of benzene rings is 1. The lowest BCUT2D eigenvalue weighted by molar-refractivity contribution is 0.0924. The molecule has 0 fully saturated rings. The molecule has 0 amide bonds. The van der Waals surface area contributed by atoms with E-state index < -0.39 is 6.10 Å². The maximum Gasteiger partial charge on any atom is 0.0895 e. The van der Waals surface area contributed by atoms with Crippen LogP contribution in [-0.2, 0) is 0 Å². The minimum absolute atomic E-state index is 0.00836. The summed E-state index contributed by atoms with van der Waals surface area (Å²) >= 11 is 11.8. The molecule has 0 spiro atoms. The molecule has 1 unspecified atom stereocenters. The van der Waals surface area contributed by atoms with E-state index in [2.05, 4.69) is 5.32 Å². The zero-order valence-corrected chi connectivity index (χ0v) is 10.5. The lowest BCUT2D eigenvalue weighted by Crippen LogP contribution is -2.31. The van der Waals surface area contributed by atoms with E-state index >= 15 is 0 Å². The van der Waals surface area contributed by atoms with Crippen molar-refractivity contribution in [3.05, 3.63) is 33.8 Å². The van der Waals surface area contributed by atoms with Crippen molar-refractivity contribution in [2.24, 2.45) is 0 Å². The van der Waals surface area contributed by atoms with Crippen LogP contribution < -0.4 is 5.32 Å². The number of hydrogen-bond acceptors (Lipinski definition) is 3. The Morgan fingerprint density at radius 2 is 2.06 bits per heavy atom. The van der Waals surface area contributed by atoms with E-state index in [4.69, 9.17) is 28.3 Å². The van der Waals surface area contributed by atoms with Crippen molar-refractivity contribution >= 4 is 23.2 Å². The van der Waals surface area contributed by atoms with Gasteiger partial charge in [-0.2, -0.15) is 0 Å². The summed E-state index contributed by atoms with van der Waals surface area (Å²) in [5.74, 6) is 0. The predicted octanol–water partition coefficient (Wildman–Crippen LogP) is 2.00. The monoisotopic (exact) mass is 263 g/mol. The third-order valence-electron chi connectivity index (χ3n) is 2.30. The second-order valence-electron chi connectivity index (χ2n) is 3.63. The van der Waals surface area contributed by atoms with Gasteiger partial charge < -0.3 is 15.5 Å². The molecule has 0 radical (unpaired) electrons. The number of aliphatic hydroxyl groups excluding tert-OH is 2. The van der Waals surface area contributed by atoms with Gasteiger partial charge in [0.05, 0.1) is 12.7 Å². The Morgan fingerprint density at radius 3 is 2.62 bits per heavy atom. The normalized spacial score (nSPS) is 14.8. The Labute approximate surface area is 105 Å². The summed E-state index contributed by atoms with van der Waals surface area (Å²) in [5.41, 5.74) is 0.913. The van der Waals surface area contributed by atoms with Gasteiger partial charge in [-0.25, -0.2) is 0 Å². The highest BCUT2D eigenvalue weighted by Crippen LogP contribution is 2.25. The summed E-state index contributed by atoms with van der Waals surface area (Å²) in [4.78, 5) is 0. The van der Waals surface area contributed by atoms with Crippen LogP contribution in [0, 0.1) is 0 Å². The topological polar surface area (TPSA) is 52.5 Å². The van der Waals surface area contributed by atoms with Gasteiger partial charge in [-0.05, 0) is 24.6 Å². The van der Waals surface area contributed by atoms with E-state index in [1.807, 2.05) is 13.0 Å². The highest BCUT2D eigenvalue weighted by Gasteiger charge is 2.11. The molecule has 90 valence electrons. The first kappa shape index (κ1) is 13.7. The average molecular weight is 264 g/mol. The number of hydrogen-bond donors (Lipinski definition) is 3. The van der Waals surface area contributed by atoms with Gasteiger partial charge in [0.1, 0.15) is 0 Å². The zero-order valence-electron chi connectivity index (χ0n) is 8.95. The van der Waals surface area contributed by atoms with Crippen molar-refractivity contribution in [3.63, 3.8) is 0 Å². The molecule has 1 rings (SSSR count). The number of halogens is 2. The van der Waals surface area contributed by atoms with Crippen molar-refractivity contribution < 1.29 is 10.2 Å². The number of aliphatic hydroxyl groups is 2. The van der Waals surface area contributed by atoms with Gasteiger partial charge in [-0.15, -0.1) is 0 Å². The Hall–Kier alpha value is -0.320. The van der Waals surface area contributed by atoms with Crippen molar-refractivity contribution in [2.75, 3.05) is 13.2 Å². The summed E-state index contributed by atoms with van der Waals surface area (Å²) < 4.78 is 0. The van der Waals surface area contributed by atoms with Crippen LogP contribution in [0.2, 0.25) is 10.0 Å². The minimum atomic E-state index is -0.756. The van der Waals surface area contributed by atoms with Crippen LogP contribution >= 0.6 is 23.2 Å². The molecule has 0 saturated heterocycles. The number of nitrogens with one attached hydrogen (secondary N) is 1. The summed E-state index contributed by atoms with van der Waals surface area (Å²) in [6, 6.07) is 5.28. The van der Waals surface area contributed by atoms with E-state index in [1.165, 1.54) is 0 Å². The second kappa shape index (κ2) is 6.42. The predicted molar refractivity (Wildman–Crippen MR) is 66.0 cm³/mol. The van der Waals surface area contributed by atoms with Crippen LogP contribution in [0.15, 0.2) is 18.2 Å². The van der Waals surface area contributed by atoms with Gasteiger partial charge >= 0.3 is 0 Å². The van der Waals surface area contributed by atoms with Crippen molar-refractivity contribution in [2.45, 2.75) is 19.1 Å². The van der Waals surface area contributed by atoms with Gasteiger partial charge in [-0.3, -0.25) is 0 Å². The largest absolute Gasteiger partial charge is 0.394 e. The van der Waals surface area contributed by atoms with Gasteiger partial charge in [0.2, 0.25) is 0 Å². The molecule has 0 aliphatic rings. The van der Waals surface area contributed by atoms with E-state index in [0.717, 1.165) is 5.56 Å². The molecule has 3 nitrogen and oxygen atoms in total. The highest BCUT2D eigenvalue weighted by atomic mass is 35.5. The standard InChI is InChI=1S/C11H15Cl2NO2/c1-7(14-5-9(16)6-15)10-3-2-8(12)4-11(10)13/h2-4,7,9,14-16H,5-6H2,1H3/t7?,9-/m0/s1. The smallest absolute Gasteiger partial charge is 0.0895 e. The second-order valence-corrected chi connectivity index (χ2v) is 4.48. The van der Waals surface area contributed by atoms with Crippen LogP contribution in [0.25, 0.3) is 0 Å². The van der Waals surface area contributed by atoms with Crippen LogP contribution in [-0.4, -0.2) is 29.5 Å². The third kappa shape index (κ3) is 3.92. The summed E-state index contributed by atoms with van der Waals surface area (Å²) in [5, 5.41) is 22.1. The molecule has 0 heterocycles. The summed E-state index contributed by atoms with van der Waals surface area (Å²) in [6.07, 6.45) is -0.756. The first-order valence-electron chi connectivity index (χ1n) is 5.02. The van der Waals surface area contributed by atoms with Gasteiger partial charge in [0, 0.05) is 22.6 Å². The van der Waals surface area contributed by atoms with E-state index in [0.29, 0.717) is 16.6 Å². The Morgan fingerprint density at radius 1 is 1.38 bits per heavy atom. The number of rotatable bonds is 5. The molecule has 1 aromatic carbocycles. The molecule has 0 aliphatic carbocycles. The molecule has 16 heavy (non-hydrogen) atoms. The fourth-order valence-electron chi connectivity index (χ4n) is 1.34. The summed E-state index contributed by atoms with van der Waals surface area (Å²) in [6.45, 7) is 1.99. The zero-order chi connectivity index (χ0) is 12.1. The quantitative estimate of drug-likeness (QED) is 0.762. The van der Waals surface area contributed by atoms with E-state index in [1.54, 1.807) is 12.1 Å². The Bertz CT molecular complexity index is 347. The Kier molecular flexibility index (Phi) is 5.52. The van der Waals surface area contributed by atoms with Gasteiger partial charge in [0.15, 0.2) is 0 Å². The average Bonchev–Trinajstić information content (AvgIpc) is 2.25. The third-order valence-corrected chi connectivity index (χ3v) is 2.86. The lowest BCUT2D eigenvalue weighted by atomic mass is 10.1. The van der Waals surface area contributed by atoms with E-state index in [-0.39, 0.29) is 12.6 Å². The lowest BCUT2D eigenvalue weighted by Gasteiger charge is -2.17. The molecular weight excluding hydrogens is 249 g/mol. The molecule has 3 N–H and O–H groups in total. The molecule has 2 atom stereocenters. The van der Waals surface area contributed by atoms with Gasteiger partial charge in [0.25, 0.3) is 0 Å². The van der Waals surface area contributed by atoms with Crippen molar-refractivity contribution in [1.82, 2.24) is 5.32 Å². The SMILES string of the molecule is CC(NC[C@H](O)CO)c1ccc(Cl)cc1Cl. The van der Waals surface area contributed by atoms with Crippen molar-refractivity contribution in [1.29, 1.82) is 0 Å². The van der Waals surface area contributed by atoms with Crippen LogP contribution in [0.4, 0.5) is 0 Å². The fourth-order valence-corrected chi connectivity index (χ4v) is 1.91. The maximum absolute atomic E-state index is 9.20. The fraction of sp³-hybridized carbons (Fsp3) is 0.455.